The van der Waals surface area contributed by atoms with E-state index in [4.69, 9.17) is 0 Å². The van der Waals surface area contributed by atoms with Crippen molar-refractivity contribution in [3.05, 3.63) is 65.8 Å². The summed E-state index contributed by atoms with van der Waals surface area (Å²) in [7, 11) is 0. The minimum absolute atomic E-state index is 0.0463. The molecule has 0 atom stereocenters. The largest absolute Gasteiger partial charge is 0.416 e. The maximum absolute atomic E-state index is 13.3. The van der Waals surface area contributed by atoms with E-state index < -0.39 is 11.7 Å². The summed E-state index contributed by atoms with van der Waals surface area (Å²) < 4.78 is 42.9. The van der Waals surface area contributed by atoms with Crippen molar-refractivity contribution < 1.29 is 18.0 Å². The number of nitrogens with zero attached hydrogens (tertiary/aromatic N) is 7. The molecule has 0 aliphatic carbocycles. The van der Waals surface area contributed by atoms with Crippen LogP contribution in [0.25, 0.3) is 16.4 Å². The van der Waals surface area contributed by atoms with Gasteiger partial charge in [-0.25, -0.2) is 19.3 Å². The lowest BCUT2D eigenvalue weighted by Gasteiger charge is -2.31. The van der Waals surface area contributed by atoms with Crippen molar-refractivity contribution in [2.75, 3.05) is 13.1 Å². The lowest BCUT2D eigenvalue weighted by Crippen LogP contribution is -2.39. The van der Waals surface area contributed by atoms with Crippen molar-refractivity contribution in [3.63, 3.8) is 0 Å². The molecule has 33 heavy (non-hydrogen) atoms. The molecule has 1 aliphatic rings. The maximum atomic E-state index is 13.3. The van der Waals surface area contributed by atoms with Crippen molar-refractivity contribution in [2.24, 2.45) is 0 Å². The fraction of sp³-hybridized carbons (Fsp3) is 0.286. The highest BCUT2D eigenvalue weighted by molar-refractivity contribution is 7.13. The van der Waals surface area contributed by atoms with E-state index in [1.807, 2.05) is 11.4 Å². The number of carbonyl (C=O) groups excluding carboxylic acids is 1. The van der Waals surface area contributed by atoms with Crippen LogP contribution >= 0.6 is 11.3 Å². The lowest BCUT2D eigenvalue weighted by atomic mass is 10.1. The molecular formula is C21H18F3N7OS. The quantitative estimate of drug-likeness (QED) is 0.446. The predicted octanol–water partition coefficient (Wildman–Crippen LogP) is 4.08. The number of hydrogen-bond acceptors (Lipinski definition) is 6. The van der Waals surface area contributed by atoms with Gasteiger partial charge in [-0.15, -0.1) is 16.4 Å². The van der Waals surface area contributed by atoms with Gasteiger partial charge in [0.2, 0.25) is 5.82 Å². The Labute approximate surface area is 190 Å². The second-order valence-electron chi connectivity index (χ2n) is 7.60. The van der Waals surface area contributed by atoms with Gasteiger partial charge in [0, 0.05) is 13.1 Å². The van der Waals surface area contributed by atoms with E-state index in [-0.39, 0.29) is 23.5 Å². The number of benzene rings is 1. The minimum atomic E-state index is -4.49. The van der Waals surface area contributed by atoms with Crippen molar-refractivity contribution >= 4 is 17.2 Å². The van der Waals surface area contributed by atoms with Gasteiger partial charge in [-0.05, 0) is 42.5 Å². The Balaban J connectivity index is 1.44. The Morgan fingerprint density at radius 1 is 1.12 bits per heavy atom. The van der Waals surface area contributed by atoms with Crippen LogP contribution in [0.15, 0.2) is 54.4 Å². The van der Waals surface area contributed by atoms with Gasteiger partial charge in [0.15, 0.2) is 5.82 Å². The fourth-order valence-corrected chi connectivity index (χ4v) is 4.54. The molecule has 0 bridgehead atoms. The van der Waals surface area contributed by atoms with Gasteiger partial charge in [-0.2, -0.15) is 18.3 Å². The Morgan fingerprint density at radius 3 is 2.61 bits per heavy atom. The number of rotatable bonds is 4. The number of likely N-dealkylation sites (tertiary alicyclic amines) is 1. The first-order valence-electron chi connectivity index (χ1n) is 10.2. The molecule has 8 nitrogen and oxygen atoms in total. The zero-order valence-electron chi connectivity index (χ0n) is 17.2. The molecule has 0 spiro atoms. The Bertz CT molecular complexity index is 1240. The van der Waals surface area contributed by atoms with Gasteiger partial charge < -0.3 is 4.90 Å². The predicted molar refractivity (Wildman–Crippen MR) is 114 cm³/mol. The summed E-state index contributed by atoms with van der Waals surface area (Å²) in [6.45, 7) is 0.992. The summed E-state index contributed by atoms with van der Waals surface area (Å²) >= 11 is 1.37. The van der Waals surface area contributed by atoms with Crippen LogP contribution in [-0.2, 0) is 6.18 Å². The van der Waals surface area contributed by atoms with Crippen LogP contribution in [0.2, 0.25) is 0 Å². The van der Waals surface area contributed by atoms with E-state index in [0.29, 0.717) is 36.6 Å². The first-order chi connectivity index (χ1) is 15.9. The van der Waals surface area contributed by atoms with E-state index in [0.717, 1.165) is 12.1 Å². The molecule has 1 aliphatic heterocycles. The molecule has 0 radical (unpaired) electrons. The standard InChI is InChI=1S/C21H18F3N7OS/c22-21(23,24)14-3-1-4-16(11-14)31-19(17-5-2-10-33-17)27-18(28-31)20(32)29-8-6-15(7-9-29)30-13-25-12-26-30/h1-5,10-13,15H,6-9H2. The molecule has 1 aromatic carbocycles. The summed E-state index contributed by atoms with van der Waals surface area (Å²) in [5.74, 6) is -0.0734. The first-order valence-corrected chi connectivity index (χ1v) is 11.1. The third-order valence-electron chi connectivity index (χ3n) is 5.52. The number of thiophene rings is 1. The van der Waals surface area contributed by atoms with Gasteiger partial charge in [0.05, 0.1) is 22.2 Å². The van der Waals surface area contributed by atoms with Gasteiger partial charge in [-0.3, -0.25) is 4.79 Å². The normalized spacial score (nSPS) is 15.2. The molecular weight excluding hydrogens is 455 g/mol. The Morgan fingerprint density at radius 2 is 1.94 bits per heavy atom. The third kappa shape index (κ3) is 4.25. The monoisotopic (exact) mass is 473 g/mol. The molecule has 5 rings (SSSR count). The van der Waals surface area contributed by atoms with Crippen LogP contribution in [0.5, 0.6) is 0 Å². The van der Waals surface area contributed by atoms with E-state index in [1.165, 1.54) is 34.5 Å². The zero-order valence-corrected chi connectivity index (χ0v) is 18.0. The van der Waals surface area contributed by atoms with E-state index in [2.05, 4.69) is 20.2 Å². The summed E-state index contributed by atoms with van der Waals surface area (Å²) in [4.78, 5) is 23.9. The van der Waals surface area contributed by atoms with Gasteiger partial charge >= 0.3 is 6.18 Å². The first kappa shape index (κ1) is 21.3. The highest BCUT2D eigenvalue weighted by Gasteiger charge is 2.32. The van der Waals surface area contributed by atoms with Crippen LogP contribution < -0.4 is 0 Å². The number of amides is 1. The SMILES string of the molecule is O=C(c1nc(-c2cccs2)n(-c2cccc(C(F)(F)F)c2)n1)N1CCC(n2cncn2)CC1. The number of piperidine rings is 1. The number of alkyl halides is 3. The van der Waals surface area contributed by atoms with Crippen LogP contribution in [0.3, 0.4) is 0 Å². The van der Waals surface area contributed by atoms with Crippen molar-refractivity contribution in [3.8, 4) is 16.4 Å². The molecule has 1 fully saturated rings. The minimum Gasteiger partial charge on any atom is -0.336 e. The van der Waals surface area contributed by atoms with Crippen LogP contribution in [-0.4, -0.2) is 53.4 Å². The molecule has 0 saturated carbocycles. The molecule has 1 amide bonds. The average Bonchev–Trinajstić information content (AvgIpc) is 3.59. The van der Waals surface area contributed by atoms with E-state index >= 15 is 0 Å². The topological polar surface area (TPSA) is 81.7 Å². The third-order valence-corrected chi connectivity index (χ3v) is 6.39. The second kappa shape index (κ2) is 8.43. The van der Waals surface area contributed by atoms with Gasteiger partial charge in [-0.1, -0.05) is 12.1 Å². The number of aromatic nitrogens is 6. The van der Waals surface area contributed by atoms with E-state index in [9.17, 15) is 18.0 Å². The summed E-state index contributed by atoms with van der Waals surface area (Å²) in [6, 6.07) is 8.58. The van der Waals surface area contributed by atoms with Gasteiger partial charge in [0.1, 0.15) is 12.7 Å². The highest BCUT2D eigenvalue weighted by Crippen LogP contribution is 2.32. The van der Waals surface area contributed by atoms with E-state index in [1.54, 1.807) is 22.0 Å². The number of carbonyl (C=O) groups is 1. The Kier molecular flexibility index (Phi) is 5.44. The number of halogens is 3. The second-order valence-corrected chi connectivity index (χ2v) is 8.54. The highest BCUT2D eigenvalue weighted by atomic mass is 32.1. The van der Waals surface area contributed by atoms with Crippen molar-refractivity contribution in [1.82, 2.24) is 34.4 Å². The molecule has 3 aromatic heterocycles. The summed E-state index contributed by atoms with van der Waals surface area (Å²) in [5, 5.41) is 10.3. The van der Waals surface area contributed by atoms with Crippen molar-refractivity contribution in [2.45, 2.75) is 25.1 Å². The zero-order chi connectivity index (χ0) is 23.0. The molecule has 4 aromatic rings. The van der Waals surface area contributed by atoms with Crippen LogP contribution in [0.1, 0.15) is 35.1 Å². The molecule has 0 N–H and O–H groups in total. The number of hydrogen-bond donors (Lipinski definition) is 0. The lowest BCUT2D eigenvalue weighted by molar-refractivity contribution is -0.137. The average molecular weight is 473 g/mol. The molecule has 0 unspecified atom stereocenters. The molecule has 170 valence electrons. The fourth-order valence-electron chi connectivity index (χ4n) is 3.84. The van der Waals surface area contributed by atoms with Gasteiger partial charge in [0.25, 0.3) is 5.91 Å². The summed E-state index contributed by atoms with van der Waals surface area (Å²) in [6.07, 6.45) is 0.0664. The molecule has 12 heteroatoms. The van der Waals surface area contributed by atoms with Crippen molar-refractivity contribution in [1.29, 1.82) is 0 Å². The molecule has 4 heterocycles. The smallest absolute Gasteiger partial charge is 0.336 e. The van der Waals surface area contributed by atoms with Crippen LogP contribution in [0, 0.1) is 0 Å². The molecule has 1 saturated heterocycles. The van der Waals surface area contributed by atoms with Crippen LogP contribution in [0.4, 0.5) is 13.2 Å². The summed E-state index contributed by atoms with van der Waals surface area (Å²) in [5.41, 5.74) is -0.611. The maximum Gasteiger partial charge on any atom is 0.416 e. The Hall–Kier alpha value is -3.54.